The molecule has 0 unspecified atom stereocenters. The number of allylic oxidation sites excluding steroid dienone is 1. The standard InChI is InChI=1S/C16H22O3/c1-6-11-8-15(17)16(3,4)19-14-7-10(2)13(18-5)9-12(11)14/h6-7,9,11,15,17H,1,8H2,2-5H3/t11-,15+/m0/s1. The van der Waals surface area contributed by atoms with Crippen LogP contribution in [0.5, 0.6) is 11.5 Å². The van der Waals surface area contributed by atoms with Crippen molar-refractivity contribution in [3.63, 3.8) is 0 Å². The molecule has 1 N–H and O–H groups in total. The molecule has 0 saturated carbocycles. The van der Waals surface area contributed by atoms with Crippen molar-refractivity contribution in [3.8, 4) is 11.5 Å². The Morgan fingerprint density at radius 2 is 2.16 bits per heavy atom. The maximum absolute atomic E-state index is 10.3. The summed E-state index contributed by atoms with van der Waals surface area (Å²) < 4.78 is 11.4. The summed E-state index contributed by atoms with van der Waals surface area (Å²) in [5.41, 5.74) is 1.45. The van der Waals surface area contributed by atoms with Crippen LogP contribution in [-0.2, 0) is 0 Å². The molecule has 0 saturated heterocycles. The molecule has 0 amide bonds. The molecule has 1 aromatic carbocycles. The van der Waals surface area contributed by atoms with Gasteiger partial charge in [-0.2, -0.15) is 0 Å². The van der Waals surface area contributed by atoms with Crippen LogP contribution < -0.4 is 9.47 Å². The number of fused-ring (bicyclic) bond motifs is 1. The smallest absolute Gasteiger partial charge is 0.129 e. The molecule has 104 valence electrons. The maximum Gasteiger partial charge on any atom is 0.129 e. The van der Waals surface area contributed by atoms with E-state index in [4.69, 9.17) is 9.47 Å². The van der Waals surface area contributed by atoms with E-state index in [1.807, 2.05) is 39.0 Å². The molecule has 1 aliphatic rings. The Hall–Kier alpha value is -1.48. The molecule has 0 aromatic heterocycles. The van der Waals surface area contributed by atoms with Gasteiger partial charge in [0.25, 0.3) is 0 Å². The normalized spacial score (nSPS) is 24.9. The van der Waals surface area contributed by atoms with Crippen molar-refractivity contribution in [3.05, 3.63) is 35.9 Å². The van der Waals surface area contributed by atoms with Gasteiger partial charge in [0.05, 0.1) is 13.2 Å². The Kier molecular flexibility index (Phi) is 3.59. The fourth-order valence-corrected chi connectivity index (χ4v) is 2.50. The quantitative estimate of drug-likeness (QED) is 0.832. The predicted octanol–water partition coefficient (Wildman–Crippen LogP) is 3.20. The highest BCUT2D eigenvalue weighted by molar-refractivity contribution is 5.49. The molecule has 0 spiro atoms. The first kappa shape index (κ1) is 13.9. The number of methoxy groups -OCH3 is 1. The van der Waals surface area contributed by atoms with Crippen LogP contribution in [0.1, 0.15) is 37.3 Å². The van der Waals surface area contributed by atoms with Crippen LogP contribution in [0.4, 0.5) is 0 Å². The molecule has 19 heavy (non-hydrogen) atoms. The third-order valence-corrected chi connectivity index (χ3v) is 3.86. The Morgan fingerprint density at radius 3 is 2.74 bits per heavy atom. The van der Waals surface area contributed by atoms with Gasteiger partial charge < -0.3 is 14.6 Å². The number of ether oxygens (including phenoxy) is 2. The lowest BCUT2D eigenvalue weighted by molar-refractivity contribution is -0.0273. The summed E-state index contributed by atoms with van der Waals surface area (Å²) in [5.74, 6) is 1.72. The first-order valence-corrected chi connectivity index (χ1v) is 6.57. The molecule has 0 aliphatic carbocycles. The summed E-state index contributed by atoms with van der Waals surface area (Å²) in [6, 6.07) is 3.97. The molecule has 0 fully saturated rings. The van der Waals surface area contributed by atoms with Crippen LogP contribution in [0, 0.1) is 6.92 Å². The number of aliphatic hydroxyl groups is 1. The summed E-state index contributed by atoms with van der Waals surface area (Å²) in [6.07, 6.45) is 1.94. The number of aliphatic hydroxyl groups excluding tert-OH is 1. The van der Waals surface area contributed by atoms with Crippen LogP contribution in [-0.4, -0.2) is 23.9 Å². The molecular formula is C16H22O3. The van der Waals surface area contributed by atoms with Crippen LogP contribution >= 0.6 is 0 Å². The van der Waals surface area contributed by atoms with E-state index in [2.05, 4.69) is 6.58 Å². The number of hydrogen-bond acceptors (Lipinski definition) is 3. The van der Waals surface area contributed by atoms with Crippen LogP contribution in [0.15, 0.2) is 24.8 Å². The first-order chi connectivity index (χ1) is 8.89. The molecule has 1 heterocycles. The second kappa shape index (κ2) is 4.89. The van der Waals surface area contributed by atoms with E-state index in [1.165, 1.54) is 0 Å². The van der Waals surface area contributed by atoms with E-state index < -0.39 is 11.7 Å². The lowest BCUT2D eigenvalue weighted by Gasteiger charge is -2.29. The van der Waals surface area contributed by atoms with Gasteiger partial charge in [-0.25, -0.2) is 0 Å². The fourth-order valence-electron chi connectivity index (χ4n) is 2.50. The van der Waals surface area contributed by atoms with E-state index in [0.29, 0.717) is 6.42 Å². The molecule has 3 nitrogen and oxygen atoms in total. The van der Waals surface area contributed by atoms with E-state index in [1.54, 1.807) is 7.11 Å². The zero-order valence-corrected chi connectivity index (χ0v) is 12.1. The van der Waals surface area contributed by atoms with E-state index in [-0.39, 0.29) is 5.92 Å². The van der Waals surface area contributed by atoms with E-state index >= 15 is 0 Å². The number of rotatable bonds is 2. The van der Waals surface area contributed by atoms with Crippen molar-refractivity contribution in [2.24, 2.45) is 0 Å². The van der Waals surface area contributed by atoms with E-state index in [0.717, 1.165) is 22.6 Å². The average Bonchev–Trinajstić information content (AvgIpc) is 2.44. The van der Waals surface area contributed by atoms with Gasteiger partial charge in [0.1, 0.15) is 17.1 Å². The molecule has 2 rings (SSSR count). The SMILES string of the molecule is C=C[C@H]1C[C@@H](O)C(C)(C)Oc2cc(C)c(OC)cc21. The van der Waals surface area contributed by atoms with Gasteiger partial charge in [0, 0.05) is 11.5 Å². The van der Waals surface area contributed by atoms with Gasteiger partial charge in [0.15, 0.2) is 0 Å². The van der Waals surface area contributed by atoms with Crippen molar-refractivity contribution < 1.29 is 14.6 Å². The van der Waals surface area contributed by atoms with Crippen LogP contribution in [0.25, 0.3) is 0 Å². The Balaban J connectivity index is 2.57. The minimum atomic E-state index is -0.604. The summed E-state index contributed by atoms with van der Waals surface area (Å²) in [7, 11) is 1.66. The summed E-state index contributed by atoms with van der Waals surface area (Å²) in [5, 5.41) is 10.3. The molecule has 1 aromatic rings. The minimum absolute atomic E-state index is 0.0706. The third-order valence-electron chi connectivity index (χ3n) is 3.86. The predicted molar refractivity (Wildman–Crippen MR) is 76.0 cm³/mol. The topological polar surface area (TPSA) is 38.7 Å². The lowest BCUT2D eigenvalue weighted by Crippen LogP contribution is -2.41. The maximum atomic E-state index is 10.3. The second-order valence-corrected chi connectivity index (χ2v) is 5.66. The largest absolute Gasteiger partial charge is 0.496 e. The molecule has 2 atom stereocenters. The minimum Gasteiger partial charge on any atom is -0.496 e. The fraction of sp³-hybridized carbons (Fsp3) is 0.500. The molecular weight excluding hydrogens is 240 g/mol. The highest BCUT2D eigenvalue weighted by Crippen LogP contribution is 2.42. The molecule has 0 bridgehead atoms. The molecule has 3 heteroatoms. The van der Waals surface area contributed by atoms with Gasteiger partial charge in [-0.15, -0.1) is 6.58 Å². The highest BCUT2D eigenvalue weighted by atomic mass is 16.5. The zero-order valence-electron chi connectivity index (χ0n) is 12.1. The van der Waals surface area contributed by atoms with Gasteiger partial charge in [-0.1, -0.05) is 6.08 Å². The second-order valence-electron chi connectivity index (χ2n) is 5.66. The van der Waals surface area contributed by atoms with Gasteiger partial charge in [0.2, 0.25) is 0 Å². The summed E-state index contributed by atoms with van der Waals surface area (Å²) in [6.45, 7) is 9.68. The lowest BCUT2D eigenvalue weighted by atomic mass is 9.88. The number of benzene rings is 1. The van der Waals surface area contributed by atoms with Crippen molar-refractivity contribution >= 4 is 0 Å². The van der Waals surface area contributed by atoms with Crippen LogP contribution in [0.3, 0.4) is 0 Å². The molecule has 0 radical (unpaired) electrons. The zero-order chi connectivity index (χ0) is 14.2. The third kappa shape index (κ3) is 2.47. The van der Waals surface area contributed by atoms with Crippen molar-refractivity contribution in [1.82, 2.24) is 0 Å². The summed E-state index contributed by atoms with van der Waals surface area (Å²) >= 11 is 0. The van der Waals surface area contributed by atoms with Gasteiger partial charge in [-0.3, -0.25) is 0 Å². The van der Waals surface area contributed by atoms with Gasteiger partial charge in [-0.05, 0) is 44.9 Å². The number of aryl methyl sites for hydroxylation is 1. The highest BCUT2D eigenvalue weighted by Gasteiger charge is 2.36. The average molecular weight is 262 g/mol. The Morgan fingerprint density at radius 1 is 1.47 bits per heavy atom. The van der Waals surface area contributed by atoms with Gasteiger partial charge >= 0.3 is 0 Å². The van der Waals surface area contributed by atoms with Crippen molar-refractivity contribution in [1.29, 1.82) is 0 Å². The van der Waals surface area contributed by atoms with Crippen molar-refractivity contribution in [2.45, 2.75) is 44.8 Å². The summed E-state index contributed by atoms with van der Waals surface area (Å²) in [4.78, 5) is 0. The first-order valence-electron chi connectivity index (χ1n) is 6.57. The van der Waals surface area contributed by atoms with Crippen LogP contribution in [0.2, 0.25) is 0 Å². The number of hydrogen-bond donors (Lipinski definition) is 1. The monoisotopic (exact) mass is 262 g/mol. The van der Waals surface area contributed by atoms with E-state index in [9.17, 15) is 5.11 Å². The molecule has 1 aliphatic heterocycles. The Labute approximate surface area is 114 Å². The van der Waals surface area contributed by atoms with Crippen molar-refractivity contribution in [2.75, 3.05) is 7.11 Å². The Bertz CT molecular complexity index is 491.